The average Bonchev–Trinajstić information content (AvgIpc) is 3.48. The number of carbonyl (C=O) groups is 2. The highest BCUT2D eigenvalue weighted by Crippen LogP contribution is 2.24. The fraction of sp³-hybridized carbons (Fsp3) is 0.333. The molecule has 2 aromatic carbocycles. The van der Waals surface area contributed by atoms with Crippen molar-refractivity contribution in [3.05, 3.63) is 93.4 Å². The van der Waals surface area contributed by atoms with Gasteiger partial charge in [0, 0.05) is 65.5 Å². The molecule has 18 heteroatoms. The standard InChI is InChI=1S/C22H25BrN6O2.C20H21BrN6O2/c1-15-19-12-17(26-20(30)14-31-18-6-4-16(23)5-7-18)13-24-21(19)27-22(25-15)29-9-3-8-28(2)10-11-29;1-13-17-10-15(25-18(28)12-29-16-4-2-14(21)3-5-16)11-23-19(17)26-20(24-13)27-8-6-22-7-9-27/h4-7,12-13H,3,8-11,14H2,1-2H3,(H,26,30);2-5,10-11,22H,6-9,12H2,1H3,(H,25,28). The van der Waals surface area contributed by atoms with Crippen LogP contribution in [0.1, 0.15) is 17.8 Å². The van der Waals surface area contributed by atoms with E-state index in [1.165, 1.54) is 0 Å². The molecule has 0 atom stereocenters. The molecule has 0 radical (unpaired) electrons. The number of benzene rings is 2. The molecule has 2 saturated heterocycles. The maximum absolute atomic E-state index is 12.3. The number of carbonyl (C=O) groups excluding carboxylic acids is 2. The van der Waals surface area contributed by atoms with Crippen LogP contribution in [-0.2, 0) is 9.59 Å². The van der Waals surface area contributed by atoms with Crippen molar-refractivity contribution in [2.75, 3.05) is 93.1 Å². The van der Waals surface area contributed by atoms with Crippen LogP contribution in [0.5, 0.6) is 11.5 Å². The van der Waals surface area contributed by atoms with E-state index >= 15 is 0 Å². The molecule has 6 heterocycles. The molecule has 2 fully saturated rings. The normalized spacial score (nSPS) is 14.6. The Morgan fingerprint density at radius 2 is 1.12 bits per heavy atom. The van der Waals surface area contributed by atoms with Gasteiger partial charge in [0.25, 0.3) is 11.8 Å². The fourth-order valence-electron chi connectivity index (χ4n) is 6.57. The van der Waals surface area contributed by atoms with Gasteiger partial charge in [0.05, 0.1) is 35.2 Å². The molecule has 312 valence electrons. The van der Waals surface area contributed by atoms with E-state index in [1.807, 2.05) is 50.2 Å². The first-order chi connectivity index (χ1) is 29.1. The van der Waals surface area contributed by atoms with Gasteiger partial charge in [-0.15, -0.1) is 0 Å². The Morgan fingerprint density at radius 1 is 0.650 bits per heavy atom. The van der Waals surface area contributed by atoms with Crippen molar-refractivity contribution in [1.29, 1.82) is 0 Å². The van der Waals surface area contributed by atoms with Crippen LogP contribution in [-0.4, -0.2) is 119 Å². The summed E-state index contributed by atoms with van der Waals surface area (Å²) in [6, 6.07) is 18.3. The minimum absolute atomic E-state index is 0.0858. The Morgan fingerprint density at radius 3 is 1.60 bits per heavy atom. The number of pyridine rings is 2. The molecule has 6 aromatic rings. The van der Waals surface area contributed by atoms with Crippen molar-refractivity contribution >= 4 is 89.0 Å². The molecule has 0 unspecified atom stereocenters. The number of aryl methyl sites for hydroxylation is 2. The first-order valence-corrected chi connectivity index (χ1v) is 21.2. The highest BCUT2D eigenvalue weighted by Gasteiger charge is 2.18. The summed E-state index contributed by atoms with van der Waals surface area (Å²) in [5.41, 5.74) is 4.10. The number of aromatic nitrogens is 6. The lowest BCUT2D eigenvalue weighted by Crippen LogP contribution is -2.44. The van der Waals surface area contributed by atoms with E-state index in [2.05, 4.69) is 94.5 Å². The van der Waals surface area contributed by atoms with E-state index in [4.69, 9.17) is 14.5 Å². The number of halogens is 2. The smallest absolute Gasteiger partial charge is 0.262 e. The Bertz CT molecular complexity index is 2440. The summed E-state index contributed by atoms with van der Waals surface area (Å²) in [6.07, 6.45) is 4.30. The van der Waals surface area contributed by atoms with E-state index in [9.17, 15) is 9.59 Å². The van der Waals surface area contributed by atoms with Gasteiger partial charge in [-0.3, -0.25) is 9.59 Å². The summed E-state index contributed by atoms with van der Waals surface area (Å²) < 4.78 is 12.9. The number of rotatable bonds is 10. The predicted molar refractivity (Wildman–Crippen MR) is 240 cm³/mol. The minimum Gasteiger partial charge on any atom is -0.484 e. The molecule has 0 bridgehead atoms. The second-order valence-corrected chi connectivity index (χ2v) is 16.2. The van der Waals surface area contributed by atoms with Crippen LogP contribution in [0.15, 0.2) is 82.0 Å². The lowest BCUT2D eigenvalue weighted by Gasteiger charge is -2.27. The Kier molecular flexibility index (Phi) is 14.3. The zero-order chi connectivity index (χ0) is 42.0. The topological polar surface area (TPSA) is 176 Å². The SMILES string of the molecule is Cc1nc(N2CCCN(C)CC2)nc2ncc(NC(=O)COc3ccc(Br)cc3)cc12.Cc1nc(N2CCNCC2)nc2ncc(NC(=O)COc3ccc(Br)cc3)cc12. The number of fused-ring (bicyclic) bond motifs is 2. The van der Waals surface area contributed by atoms with Gasteiger partial charge in [-0.25, -0.2) is 19.9 Å². The van der Waals surface area contributed by atoms with Crippen LogP contribution in [0.2, 0.25) is 0 Å². The molecular formula is C42H46Br2N12O4. The minimum atomic E-state index is -0.259. The van der Waals surface area contributed by atoms with Crippen molar-refractivity contribution in [2.45, 2.75) is 20.3 Å². The van der Waals surface area contributed by atoms with Crippen LogP contribution in [0.4, 0.5) is 23.3 Å². The zero-order valence-corrected chi connectivity index (χ0v) is 36.8. The average molecular weight is 943 g/mol. The molecule has 0 aliphatic carbocycles. The van der Waals surface area contributed by atoms with Gasteiger partial charge < -0.3 is 40.1 Å². The van der Waals surface area contributed by atoms with Gasteiger partial charge in [-0.1, -0.05) is 31.9 Å². The van der Waals surface area contributed by atoms with Crippen molar-refractivity contribution < 1.29 is 19.1 Å². The van der Waals surface area contributed by atoms with Crippen molar-refractivity contribution in [1.82, 2.24) is 40.1 Å². The summed E-state index contributed by atoms with van der Waals surface area (Å²) >= 11 is 6.74. The number of amides is 2. The first-order valence-electron chi connectivity index (χ1n) is 19.6. The second-order valence-electron chi connectivity index (χ2n) is 14.4. The number of likely N-dealkylation sites (N-methyl/N-ethyl adjacent to an activating group) is 1. The molecule has 0 spiro atoms. The quantitative estimate of drug-likeness (QED) is 0.151. The number of nitrogens with zero attached hydrogens (tertiary/aromatic N) is 9. The Balaban J connectivity index is 0.000000182. The van der Waals surface area contributed by atoms with Gasteiger partial charge in [0.1, 0.15) is 11.5 Å². The van der Waals surface area contributed by atoms with Crippen molar-refractivity contribution in [3.63, 3.8) is 0 Å². The number of hydrogen-bond acceptors (Lipinski definition) is 14. The molecule has 4 aromatic heterocycles. The Hall–Kier alpha value is -5.56. The number of anilines is 4. The van der Waals surface area contributed by atoms with Gasteiger partial charge in [-0.05, 0) is 94.5 Å². The van der Waals surface area contributed by atoms with E-state index in [0.717, 1.165) is 89.9 Å². The highest BCUT2D eigenvalue weighted by atomic mass is 79.9. The zero-order valence-electron chi connectivity index (χ0n) is 33.6. The summed E-state index contributed by atoms with van der Waals surface area (Å²) in [5.74, 6) is 2.16. The lowest BCUT2D eigenvalue weighted by molar-refractivity contribution is -0.118. The highest BCUT2D eigenvalue weighted by molar-refractivity contribution is 9.10. The van der Waals surface area contributed by atoms with Crippen LogP contribution in [0.3, 0.4) is 0 Å². The summed E-state index contributed by atoms with van der Waals surface area (Å²) in [4.78, 5) is 58.7. The number of nitrogens with one attached hydrogen (secondary N) is 3. The number of ether oxygens (including phenoxy) is 2. The van der Waals surface area contributed by atoms with Gasteiger partial charge in [0.15, 0.2) is 24.5 Å². The largest absolute Gasteiger partial charge is 0.484 e. The molecular weight excluding hydrogens is 896 g/mol. The Labute approximate surface area is 364 Å². The first kappa shape index (κ1) is 42.6. The van der Waals surface area contributed by atoms with E-state index in [0.29, 0.717) is 46.1 Å². The van der Waals surface area contributed by atoms with Crippen LogP contribution in [0, 0.1) is 13.8 Å². The van der Waals surface area contributed by atoms with E-state index < -0.39 is 0 Å². The summed E-state index contributed by atoms with van der Waals surface area (Å²) in [7, 11) is 2.14. The van der Waals surface area contributed by atoms with Crippen molar-refractivity contribution in [3.8, 4) is 11.5 Å². The van der Waals surface area contributed by atoms with Crippen LogP contribution < -0.4 is 35.2 Å². The molecule has 8 rings (SSSR count). The second kappa shape index (κ2) is 20.1. The molecule has 60 heavy (non-hydrogen) atoms. The third-order valence-electron chi connectivity index (χ3n) is 9.80. The molecule has 16 nitrogen and oxygen atoms in total. The van der Waals surface area contributed by atoms with Crippen molar-refractivity contribution in [2.24, 2.45) is 0 Å². The summed E-state index contributed by atoms with van der Waals surface area (Å²) in [6.45, 7) is 11.2. The van der Waals surface area contributed by atoms with Crippen LogP contribution in [0.25, 0.3) is 22.1 Å². The van der Waals surface area contributed by atoms with Gasteiger partial charge in [-0.2, -0.15) is 9.97 Å². The molecule has 3 N–H and O–H groups in total. The third-order valence-corrected chi connectivity index (χ3v) is 10.9. The molecule has 0 saturated carbocycles. The fourth-order valence-corrected chi connectivity index (χ4v) is 7.10. The number of hydrogen-bond donors (Lipinski definition) is 3. The predicted octanol–water partition coefficient (Wildman–Crippen LogP) is 5.78. The number of piperazine rings is 1. The molecule has 2 aliphatic rings. The lowest BCUT2D eigenvalue weighted by atomic mass is 10.2. The maximum Gasteiger partial charge on any atom is 0.262 e. The molecule has 2 aliphatic heterocycles. The molecule has 2 amide bonds. The monoisotopic (exact) mass is 940 g/mol. The van der Waals surface area contributed by atoms with E-state index in [1.54, 1.807) is 36.7 Å². The third kappa shape index (κ3) is 11.6. The van der Waals surface area contributed by atoms with E-state index in [-0.39, 0.29) is 25.0 Å². The van der Waals surface area contributed by atoms with Crippen LogP contribution >= 0.6 is 31.9 Å². The van der Waals surface area contributed by atoms with Gasteiger partial charge in [0.2, 0.25) is 11.9 Å². The van der Waals surface area contributed by atoms with Gasteiger partial charge >= 0.3 is 0 Å². The summed E-state index contributed by atoms with van der Waals surface area (Å²) in [5, 5.41) is 10.6. The maximum atomic E-state index is 12.3.